The highest BCUT2D eigenvalue weighted by Crippen LogP contribution is 2.32. The number of halogens is 1. The molecule has 2 aromatic carbocycles. The van der Waals surface area contributed by atoms with E-state index in [0.29, 0.717) is 22.6 Å². The summed E-state index contributed by atoms with van der Waals surface area (Å²) in [6.45, 7) is -0.00759. The molecule has 0 amide bonds. The lowest BCUT2D eigenvalue weighted by Gasteiger charge is -2.13. The van der Waals surface area contributed by atoms with Crippen molar-refractivity contribution in [2.75, 3.05) is 7.11 Å². The molecule has 5 nitrogen and oxygen atoms in total. The number of nitrogens with zero attached hydrogens (tertiary/aromatic N) is 1. The number of rotatable bonds is 6. The van der Waals surface area contributed by atoms with Gasteiger partial charge in [-0.1, -0.05) is 30.3 Å². The van der Waals surface area contributed by atoms with Gasteiger partial charge in [-0.3, -0.25) is 10.1 Å². The molecule has 0 aliphatic carbocycles. The summed E-state index contributed by atoms with van der Waals surface area (Å²) in [6.07, 6.45) is 2.12. The van der Waals surface area contributed by atoms with Crippen LogP contribution in [0.5, 0.6) is 11.5 Å². The van der Waals surface area contributed by atoms with Gasteiger partial charge in [-0.2, -0.15) is 0 Å². The first-order valence-corrected chi connectivity index (χ1v) is 6.46. The maximum Gasteiger partial charge on any atom is 0.235 e. The summed E-state index contributed by atoms with van der Waals surface area (Å²) >= 11 is 0. The lowest BCUT2D eigenvalue weighted by Crippen LogP contribution is -2.01. The second-order valence-electron chi connectivity index (χ2n) is 4.36. The first kappa shape index (κ1) is 15.5. The highest BCUT2D eigenvalue weighted by atomic mass is 19.1. The van der Waals surface area contributed by atoms with Gasteiger partial charge in [-0.15, -0.1) is 0 Å². The number of hydrogen-bond acceptors (Lipinski definition) is 4. The van der Waals surface area contributed by atoms with Gasteiger partial charge in [0, 0.05) is 17.2 Å². The molecule has 0 N–H and O–H groups in total. The van der Waals surface area contributed by atoms with Gasteiger partial charge < -0.3 is 9.47 Å². The van der Waals surface area contributed by atoms with Crippen molar-refractivity contribution in [3.8, 4) is 11.5 Å². The fourth-order valence-corrected chi connectivity index (χ4v) is 1.89. The summed E-state index contributed by atoms with van der Waals surface area (Å²) < 4.78 is 24.4. The Morgan fingerprint density at radius 3 is 2.68 bits per heavy atom. The monoisotopic (exact) mass is 303 g/mol. The van der Waals surface area contributed by atoms with E-state index in [1.54, 1.807) is 36.4 Å². The molecule has 6 heteroatoms. The zero-order valence-electron chi connectivity index (χ0n) is 11.9. The van der Waals surface area contributed by atoms with E-state index in [-0.39, 0.29) is 12.4 Å². The lowest BCUT2D eigenvalue weighted by atomic mass is 10.1. The van der Waals surface area contributed by atoms with Crippen molar-refractivity contribution >= 4 is 6.08 Å². The molecule has 0 atom stereocenters. The first-order valence-electron chi connectivity index (χ1n) is 6.46. The van der Waals surface area contributed by atoms with Crippen LogP contribution in [-0.4, -0.2) is 12.0 Å². The maximum absolute atomic E-state index is 13.6. The zero-order chi connectivity index (χ0) is 15.9. The maximum atomic E-state index is 13.6. The summed E-state index contributed by atoms with van der Waals surface area (Å²) in [4.78, 5) is 9.89. The Kier molecular flexibility index (Phi) is 5.08. The molecule has 114 valence electrons. The molecule has 0 aromatic heterocycles. The third-order valence-electron chi connectivity index (χ3n) is 2.93. The summed E-state index contributed by atoms with van der Waals surface area (Å²) in [5.74, 6) is 0.368. The van der Waals surface area contributed by atoms with Crippen molar-refractivity contribution in [3.63, 3.8) is 0 Å². The first-order chi connectivity index (χ1) is 10.6. The average molecular weight is 303 g/mol. The number of hydrogen-bond donors (Lipinski definition) is 0. The quantitative estimate of drug-likeness (QED) is 0.603. The Bertz CT molecular complexity index is 700. The molecular formula is C16H14FNO4. The van der Waals surface area contributed by atoms with Crippen molar-refractivity contribution in [3.05, 3.63) is 75.7 Å². The Hall–Kier alpha value is -2.89. The van der Waals surface area contributed by atoms with Crippen LogP contribution in [0, 0.1) is 15.9 Å². The molecule has 2 aromatic rings. The molecule has 0 aliphatic rings. The van der Waals surface area contributed by atoms with E-state index in [1.807, 2.05) is 0 Å². The fourth-order valence-electron chi connectivity index (χ4n) is 1.89. The Morgan fingerprint density at radius 1 is 1.23 bits per heavy atom. The fraction of sp³-hybridized carbons (Fsp3) is 0.125. The van der Waals surface area contributed by atoms with Gasteiger partial charge in [0.15, 0.2) is 11.5 Å². The van der Waals surface area contributed by atoms with Crippen LogP contribution in [0.1, 0.15) is 11.1 Å². The third-order valence-corrected chi connectivity index (χ3v) is 2.93. The molecule has 0 radical (unpaired) electrons. The van der Waals surface area contributed by atoms with Crippen LogP contribution in [0.15, 0.2) is 48.7 Å². The van der Waals surface area contributed by atoms with Crippen LogP contribution in [0.25, 0.3) is 6.08 Å². The number of para-hydroxylation sites is 1. The molecule has 0 saturated heterocycles. The minimum Gasteiger partial charge on any atom is -0.493 e. The Balaban J connectivity index is 2.28. The summed E-state index contributed by atoms with van der Waals surface area (Å²) in [7, 11) is 1.46. The summed E-state index contributed by atoms with van der Waals surface area (Å²) in [5.41, 5.74) is 0.866. The lowest BCUT2D eigenvalue weighted by molar-refractivity contribution is -0.400. The molecule has 2 rings (SSSR count). The molecule has 0 spiro atoms. The van der Waals surface area contributed by atoms with Crippen molar-refractivity contribution in [1.82, 2.24) is 0 Å². The van der Waals surface area contributed by atoms with E-state index >= 15 is 0 Å². The minimum atomic E-state index is -0.569. The van der Waals surface area contributed by atoms with Gasteiger partial charge in [-0.25, -0.2) is 4.39 Å². The highest BCUT2D eigenvalue weighted by molar-refractivity contribution is 5.61. The predicted molar refractivity (Wildman–Crippen MR) is 79.8 cm³/mol. The second-order valence-corrected chi connectivity index (χ2v) is 4.36. The number of benzene rings is 2. The molecule has 0 heterocycles. The van der Waals surface area contributed by atoms with Crippen molar-refractivity contribution in [2.45, 2.75) is 6.61 Å². The van der Waals surface area contributed by atoms with Crippen LogP contribution in [0.3, 0.4) is 0 Å². The molecule has 0 aliphatic heterocycles. The van der Waals surface area contributed by atoms with Crippen LogP contribution in [0.4, 0.5) is 4.39 Å². The zero-order valence-corrected chi connectivity index (χ0v) is 11.9. The summed E-state index contributed by atoms with van der Waals surface area (Å²) in [5, 5.41) is 10.5. The van der Waals surface area contributed by atoms with Gasteiger partial charge in [0.1, 0.15) is 12.4 Å². The van der Waals surface area contributed by atoms with Crippen LogP contribution in [0.2, 0.25) is 0 Å². The van der Waals surface area contributed by atoms with Crippen LogP contribution >= 0.6 is 0 Å². The van der Waals surface area contributed by atoms with Crippen molar-refractivity contribution in [2.24, 2.45) is 0 Å². The van der Waals surface area contributed by atoms with E-state index in [1.165, 1.54) is 19.3 Å². The van der Waals surface area contributed by atoms with Crippen molar-refractivity contribution < 1.29 is 18.8 Å². The average Bonchev–Trinajstić information content (AvgIpc) is 2.52. The third kappa shape index (κ3) is 3.82. The number of ether oxygens (including phenoxy) is 2. The largest absolute Gasteiger partial charge is 0.493 e. The number of methoxy groups -OCH3 is 1. The minimum absolute atomic E-state index is 0.00759. The molecular weight excluding hydrogens is 289 g/mol. The SMILES string of the molecule is COc1cccc(/C=C\[N+](=O)[O-])c1OCc1ccccc1F. The highest BCUT2D eigenvalue weighted by Gasteiger charge is 2.11. The molecule has 0 saturated carbocycles. The smallest absolute Gasteiger partial charge is 0.235 e. The van der Waals surface area contributed by atoms with Gasteiger partial charge >= 0.3 is 0 Å². The summed E-state index contributed by atoms with van der Waals surface area (Å²) in [6, 6.07) is 11.3. The van der Waals surface area contributed by atoms with E-state index < -0.39 is 4.92 Å². The van der Waals surface area contributed by atoms with E-state index in [2.05, 4.69) is 0 Å². The second kappa shape index (κ2) is 7.21. The topological polar surface area (TPSA) is 61.6 Å². The van der Waals surface area contributed by atoms with Crippen molar-refractivity contribution in [1.29, 1.82) is 0 Å². The van der Waals surface area contributed by atoms with E-state index in [0.717, 1.165) is 6.20 Å². The van der Waals surface area contributed by atoms with Gasteiger partial charge in [0.05, 0.1) is 12.0 Å². The Labute approximate surface area is 126 Å². The van der Waals surface area contributed by atoms with Gasteiger partial charge in [0.25, 0.3) is 0 Å². The van der Waals surface area contributed by atoms with E-state index in [4.69, 9.17) is 9.47 Å². The standard InChI is InChI=1S/C16H14FNO4/c1-21-15-8-4-6-12(9-10-18(19)20)16(15)22-11-13-5-2-3-7-14(13)17/h2-10H,11H2,1H3/b10-9-. The number of nitro groups is 1. The van der Waals surface area contributed by atoms with E-state index in [9.17, 15) is 14.5 Å². The Morgan fingerprint density at radius 2 is 2.00 bits per heavy atom. The normalized spacial score (nSPS) is 10.6. The van der Waals surface area contributed by atoms with Gasteiger partial charge in [0.2, 0.25) is 6.20 Å². The predicted octanol–water partition coefficient (Wildman–Crippen LogP) is 3.66. The molecule has 22 heavy (non-hydrogen) atoms. The van der Waals surface area contributed by atoms with Crippen LogP contribution in [-0.2, 0) is 6.61 Å². The molecule has 0 unspecified atom stereocenters. The molecule has 0 bridgehead atoms. The van der Waals surface area contributed by atoms with Crippen LogP contribution < -0.4 is 9.47 Å². The van der Waals surface area contributed by atoms with Gasteiger partial charge in [-0.05, 0) is 12.1 Å². The molecule has 0 fully saturated rings.